The molecule has 0 unspecified atom stereocenters. The number of likely N-dealkylation sites (tertiary alicyclic amines) is 1. The Balaban J connectivity index is 1.27. The van der Waals surface area contributed by atoms with Crippen LogP contribution in [0.4, 0.5) is 15.4 Å². The van der Waals surface area contributed by atoms with Crippen LogP contribution >= 0.6 is 22.9 Å². The SMILES string of the molecule is O=C(N1CCOCC1)N1CCC(c2cc(NCc3ccc(Cl)s3)n(C(=O)N3CCOCC3)n2)CC1. The molecule has 3 amide bonds. The molecule has 5 rings (SSSR count). The number of morpholine rings is 2. The zero-order chi connectivity index (χ0) is 24.2. The first-order valence-corrected chi connectivity index (χ1v) is 13.3. The largest absolute Gasteiger partial charge is 0.378 e. The normalized spacial score (nSPS) is 19.7. The van der Waals surface area contributed by atoms with Crippen LogP contribution in [0.5, 0.6) is 0 Å². The van der Waals surface area contributed by atoms with Gasteiger partial charge in [-0.2, -0.15) is 9.78 Å². The number of piperidine rings is 1. The maximum Gasteiger partial charge on any atom is 0.346 e. The van der Waals surface area contributed by atoms with Gasteiger partial charge in [0.25, 0.3) is 0 Å². The van der Waals surface area contributed by atoms with Crippen molar-refractivity contribution in [1.29, 1.82) is 0 Å². The van der Waals surface area contributed by atoms with E-state index in [0.717, 1.165) is 27.7 Å². The second-order valence-corrected chi connectivity index (χ2v) is 10.8. The molecule has 3 saturated heterocycles. The molecule has 3 aliphatic heterocycles. The quantitative estimate of drug-likeness (QED) is 0.663. The Hall–Kier alpha value is -2.34. The van der Waals surface area contributed by atoms with Gasteiger partial charge in [-0.1, -0.05) is 11.6 Å². The minimum Gasteiger partial charge on any atom is -0.378 e. The lowest BCUT2D eigenvalue weighted by molar-refractivity contribution is 0.0411. The van der Waals surface area contributed by atoms with Crippen molar-refractivity contribution < 1.29 is 19.1 Å². The Labute approximate surface area is 213 Å². The molecule has 0 radical (unpaired) electrons. The van der Waals surface area contributed by atoms with E-state index in [1.54, 1.807) is 4.90 Å². The fourth-order valence-corrected chi connectivity index (χ4v) is 5.73. The number of anilines is 1. The molecule has 0 bridgehead atoms. The number of hydrogen-bond donors (Lipinski definition) is 1. The van der Waals surface area contributed by atoms with E-state index in [1.807, 2.05) is 28.0 Å². The van der Waals surface area contributed by atoms with Gasteiger partial charge in [0, 0.05) is 56.1 Å². The number of nitrogens with one attached hydrogen (secondary N) is 1. The summed E-state index contributed by atoms with van der Waals surface area (Å²) in [4.78, 5) is 32.8. The summed E-state index contributed by atoms with van der Waals surface area (Å²) in [5.41, 5.74) is 0.886. The number of aromatic nitrogens is 2. The van der Waals surface area contributed by atoms with Crippen LogP contribution in [0.1, 0.15) is 29.3 Å². The molecule has 10 nitrogen and oxygen atoms in total. The number of hydrogen-bond acceptors (Lipinski definition) is 7. The average molecular weight is 523 g/mol. The van der Waals surface area contributed by atoms with Crippen LogP contribution in [-0.4, -0.2) is 102 Å². The number of carbonyl (C=O) groups is 2. The van der Waals surface area contributed by atoms with Crippen LogP contribution in [0.15, 0.2) is 18.2 Å². The Morgan fingerprint density at radius 1 is 0.943 bits per heavy atom. The smallest absolute Gasteiger partial charge is 0.346 e. The molecule has 3 aliphatic rings. The van der Waals surface area contributed by atoms with Gasteiger partial charge in [0.05, 0.1) is 43.0 Å². The average Bonchev–Trinajstić information content (AvgIpc) is 3.53. The Morgan fingerprint density at radius 2 is 1.54 bits per heavy atom. The number of amides is 3. The lowest BCUT2D eigenvalue weighted by atomic mass is 9.94. The Kier molecular flexibility index (Phi) is 7.76. The zero-order valence-electron chi connectivity index (χ0n) is 19.7. The molecule has 5 heterocycles. The molecule has 0 aromatic carbocycles. The molecule has 0 aliphatic carbocycles. The lowest BCUT2D eigenvalue weighted by Crippen LogP contribution is -2.50. The number of urea groups is 1. The molecule has 0 spiro atoms. The van der Waals surface area contributed by atoms with Gasteiger partial charge in [-0.25, -0.2) is 9.59 Å². The predicted octanol–water partition coefficient (Wildman–Crippen LogP) is 3.14. The first kappa shape index (κ1) is 24.4. The van der Waals surface area contributed by atoms with Gasteiger partial charge in [0.1, 0.15) is 5.82 Å². The highest BCUT2D eigenvalue weighted by Gasteiger charge is 2.30. The van der Waals surface area contributed by atoms with Crippen LogP contribution in [0, 0.1) is 0 Å². The summed E-state index contributed by atoms with van der Waals surface area (Å²) < 4.78 is 13.0. The van der Waals surface area contributed by atoms with Crippen molar-refractivity contribution in [3.8, 4) is 0 Å². The Morgan fingerprint density at radius 3 is 2.14 bits per heavy atom. The van der Waals surface area contributed by atoms with Crippen molar-refractivity contribution in [2.24, 2.45) is 0 Å². The van der Waals surface area contributed by atoms with Gasteiger partial charge in [-0.05, 0) is 25.0 Å². The molecule has 190 valence electrons. The van der Waals surface area contributed by atoms with Crippen LogP contribution in [0.25, 0.3) is 0 Å². The van der Waals surface area contributed by atoms with Crippen molar-refractivity contribution in [2.45, 2.75) is 25.3 Å². The van der Waals surface area contributed by atoms with Gasteiger partial charge in [-0.15, -0.1) is 11.3 Å². The summed E-state index contributed by atoms with van der Waals surface area (Å²) in [6.45, 7) is 6.60. The summed E-state index contributed by atoms with van der Waals surface area (Å²) in [6, 6.07) is 5.78. The highest BCUT2D eigenvalue weighted by atomic mass is 35.5. The molecular formula is C23H31ClN6O4S. The van der Waals surface area contributed by atoms with E-state index in [-0.39, 0.29) is 18.0 Å². The van der Waals surface area contributed by atoms with Crippen molar-refractivity contribution in [1.82, 2.24) is 24.5 Å². The number of carbonyl (C=O) groups excluding carboxylic acids is 2. The van der Waals surface area contributed by atoms with E-state index < -0.39 is 0 Å². The van der Waals surface area contributed by atoms with E-state index in [0.29, 0.717) is 78.1 Å². The summed E-state index contributed by atoms with van der Waals surface area (Å²) >= 11 is 7.59. The van der Waals surface area contributed by atoms with Crippen molar-refractivity contribution in [3.05, 3.63) is 33.1 Å². The lowest BCUT2D eigenvalue weighted by Gasteiger charge is -2.36. The zero-order valence-corrected chi connectivity index (χ0v) is 21.2. The molecule has 1 N–H and O–H groups in total. The minimum absolute atomic E-state index is 0.0942. The van der Waals surface area contributed by atoms with E-state index >= 15 is 0 Å². The number of rotatable bonds is 4. The number of nitrogens with zero attached hydrogens (tertiary/aromatic N) is 5. The van der Waals surface area contributed by atoms with Gasteiger partial charge in [-0.3, -0.25) is 0 Å². The van der Waals surface area contributed by atoms with Crippen molar-refractivity contribution >= 4 is 40.8 Å². The predicted molar refractivity (Wildman–Crippen MR) is 133 cm³/mol. The number of ether oxygens (including phenoxy) is 2. The third-order valence-electron chi connectivity index (χ3n) is 6.73. The fourth-order valence-electron chi connectivity index (χ4n) is 4.70. The topological polar surface area (TPSA) is 92.2 Å². The molecule has 0 saturated carbocycles. The van der Waals surface area contributed by atoms with Crippen LogP contribution in [0.2, 0.25) is 4.34 Å². The second kappa shape index (κ2) is 11.2. The van der Waals surface area contributed by atoms with Gasteiger partial charge < -0.3 is 29.5 Å². The van der Waals surface area contributed by atoms with E-state index in [9.17, 15) is 9.59 Å². The second-order valence-electron chi connectivity index (χ2n) is 8.95. The highest BCUT2D eigenvalue weighted by molar-refractivity contribution is 7.16. The van der Waals surface area contributed by atoms with Gasteiger partial charge in [0.15, 0.2) is 0 Å². The molecule has 35 heavy (non-hydrogen) atoms. The van der Waals surface area contributed by atoms with Crippen LogP contribution in [0.3, 0.4) is 0 Å². The molecule has 2 aromatic heterocycles. The first-order chi connectivity index (χ1) is 17.1. The van der Waals surface area contributed by atoms with E-state index in [4.69, 9.17) is 26.2 Å². The van der Waals surface area contributed by atoms with Gasteiger partial charge in [0.2, 0.25) is 0 Å². The summed E-state index contributed by atoms with van der Waals surface area (Å²) in [6.07, 6.45) is 1.64. The monoisotopic (exact) mass is 522 g/mol. The molecule has 2 aromatic rings. The van der Waals surface area contributed by atoms with E-state index in [2.05, 4.69) is 5.32 Å². The first-order valence-electron chi connectivity index (χ1n) is 12.1. The summed E-state index contributed by atoms with van der Waals surface area (Å²) in [5.74, 6) is 0.868. The van der Waals surface area contributed by atoms with Crippen LogP contribution in [-0.2, 0) is 16.0 Å². The third kappa shape index (κ3) is 5.74. The van der Waals surface area contributed by atoms with Crippen molar-refractivity contribution in [3.63, 3.8) is 0 Å². The highest BCUT2D eigenvalue weighted by Crippen LogP contribution is 2.30. The fraction of sp³-hybridized carbons (Fsp3) is 0.609. The third-order valence-corrected chi connectivity index (χ3v) is 7.96. The molecule has 12 heteroatoms. The molecule has 3 fully saturated rings. The maximum atomic E-state index is 13.3. The van der Waals surface area contributed by atoms with Crippen molar-refractivity contribution in [2.75, 3.05) is 71.0 Å². The van der Waals surface area contributed by atoms with Gasteiger partial charge >= 0.3 is 12.1 Å². The minimum atomic E-state index is -0.147. The maximum absolute atomic E-state index is 13.3. The summed E-state index contributed by atoms with van der Waals surface area (Å²) in [7, 11) is 0. The number of halogens is 1. The standard InChI is InChI=1S/C23H31ClN6O4S/c24-20-2-1-18(35-20)16-25-21-15-19(26-30(21)23(32)29-9-13-34-14-10-29)17-3-5-27(6-4-17)22(31)28-7-11-33-12-8-28/h1-2,15,17,25H,3-14,16H2. The molecule has 0 atom stereocenters. The van der Waals surface area contributed by atoms with Crippen LogP contribution < -0.4 is 5.32 Å². The summed E-state index contributed by atoms with van der Waals surface area (Å²) in [5, 5.41) is 8.14. The molecular weight excluding hydrogens is 492 g/mol. The Bertz CT molecular complexity index is 1030. The number of thiophene rings is 1. The van der Waals surface area contributed by atoms with E-state index in [1.165, 1.54) is 16.0 Å².